The average Bonchev–Trinajstić information content (AvgIpc) is 2.83. The van der Waals surface area contributed by atoms with Crippen LogP contribution in [0.5, 0.6) is 0 Å². The van der Waals surface area contributed by atoms with Gasteiger partial charge in [0.2, 0.25) is 0 Å². The Hall–Kier alpha value is -1.86. The Morgan fingerprint density at radius 1 is 1.61 bits per heavy atom. The summed E-state index contributed by atoms with van der Waals surface area (Å²) in [7, 11) is 0. The van der Waals surface area contributed by atoms with Gasteiger partial charge in [0.1, 0.15) is 6.61 Å². The summed E-state index contributed by atoms with van der Waals surface area (Å²) < 4.78 is 10.8. The van der Waals surface area contributed by atoms with E-state index < -0.39 is 5.97 Å². The molecule has 2 rings (SSSR count). The number of rotatable bonds is 3. The molecule has 0 spiro atoms. The summed E-state index contributed by atoms with van der Waals surface area (Å²) in [5, 5.41) is 8.77. The lowest BCUT2D eigenvalue weighted by Gasteiger charge is -2.22. The molecule has 0 amide bonds. The van der Waals surface area contributed by atoms with Crippen molar-refractivity contribution in [3.63, 3.8) is 0 Å². The molecule has 1 saturated heterocycles. The van der Waals surface area contributed by atoms with Gasteiger partial charge in [-0.2, -0.15) is 5.26 Å². The molecule has 1 heterocycles. The molecule has 1 atom stereocenters. The maximum Gasteiger partial charge on any atom is 0.338 e. The molecule has 0 radical (unpaired) electrons. The lowest BCUT2D eigenvalue weighted by Crippen LogP contribution is -2.31. The van der Waals surface area contributed by atoms with Crippen molar-refractivity contribution in [3.8, 4) is 6.07 Å². The van der Waals surface area contributed by atoms with Gasteiger partial charge in [-0.1, -0.05) is 6.07 Å². The number of carbonyl (C=O) groups excluding carboxylic acids is 1. The number of carbonyl (C=O) groups is 1. The molecule has 1 aromatic carbocycles. The van der Waals surface area contributed by atoms with Crippen molar-refractivity contribution in [3.05, 3.63) is 35.4 Å². The first kappa shape index (κ1) is 12.6. The van der Waals surface area contributed by atoms with Crippen LogP contribution in [0.15, 0.2) is 24.3 Å². The zero-order valence-corrected chi connectivity index (χ0v) is 10.3. The molecule has 4 nitrogen and oxygen atoms in total. The zero-order chi connectivity index (χ0) is 13.0. The molecule has 1 aliphatic heterocycles. The van der Waals surface area contributed by atoms with Crippen molar-refractivity contribution in [2.75, 3.05) is 13.2 Å². The molecule has 0 aliphatic carbocycles. The minimum Gasteiger partial charge on any atom is -0.459 e. The fraction of sp³-hybridized carbons (Fsp3) is 0.429. The van der Waals surface area contributed by atoms with Crippen molar-refractivity contribution in [2.24, 2.45) is 0 Å². The highest BCUT2D eigenvalue weighted by atomic mass is 16.6. The van der Waals surface area contributed by atoms with E-state index in [1.165, 1.54) is 6.07 Å². The molecule has 94 valence electrons. The quantitative estimate of drug-likeness (QED) is 0.766. The molecule has 1 aliphatic rings. The van der Waals surface area contributed by atoms with E-state index in [1.807, 2.05) is 13.0 Å². The first-order chi connectivity index (χ1) is 8.63. The molecule has 0 aromatic heterocycles. The average molecular weight is 245 g/mol. The van der Waals surface area contributed by atoms with Gasteiger partial charge < -0.3 is 9.47 Å². The Kier molecular flexibility index (Phi) is 3.63. The fourth-order valence-electron chi connectivity index (χ4n) is 1.97. The normalized spacial score (nSPS) is 22.4. The SMILES string of the molecule is CC1(COC(=O)c2cccc(C#N)c2)CCCO1. The predicted octanol–water partition coefficient (Wildman–Crippen LogP) is 2.28. The van der Waals surface area contributed by atoms with Crippen LogP contribution >= 0.6 is 0 Å². The topological polar surface area (TPSA) is 59.3 Å². The Balaban J connectivity index is 1.97. The summed E-state index contributed by atoms with van der Waals surface area (Å²) in [4.78, 5) is 11.8. The highest BCUT2D eigenvalue weighted by Crippen LogP contribution is 2.25. The number of benzene rings is 1. The summed E-state index contributed by atoms with van der Waals surface area (Å²) in [5.74, 6) is -0.413. The number of hydrogen-bond donors (Lipinski definition) is 0. The van der Waals surface area contributed by atoms with Crippen molar-refractivity contribution >= 4 is 5.97 Å². The van der Waals surface area contributed by atoms with E-state index in [-0.39, 0.29) is 12.2 Å². The van der Waals surface area contributed by atoms with Gasteiger partial charge in [-0.3, -0.25) is 0 Å². The summed E-state index contributed by atoms with van der Waals surface area (Å²) >= 11 is 0. The Labute approximate surface area is 106 Å². The third kappa shape index (κ3) is 2.88. The number of hydrogen-bond acceptors (Lipinski definition) is 4. The lowest BCUT2D eigenvalue weighted by atomic mass is 10.0. The van der Waals surface area contributed by atoms with E-state index >= 15 is 0 Å². The Bertz CT molecular complexity index is 484. The van der Waals surface area contributed by atoms with Gasteiger partial charge in [0, 0.05) is 6.61 Å². The molecule has 0 bridgehead atoms. The van der Waals surface area contributed by atoms with Gasteiger partial charge in [0.15, 0.2) is 0 Å². The molecule has 0 saturated carbocycles. The second-order valence-corrected chi connectivity index (χ2v) is 4.67. The van der Waals surface area contributed by atoms with Crippen LogP contribution in [0.3, 0.4) is 0 Å². The van der Waals surface area contributed by atoms with Crippen LogP contribution in [0.4, 0.5) is 0 Å². The van der Waals surface area contributed by atoms with Gasteiger partial charge in [0.25, 0.3) is 0 Å². The summed E-state index contributed by atoms with van der Waals surface area (Å²) in [6.45, 7) is 2.92. The molecular formula is C14H15NO3. The van der Waals surface area contributed by atoms with E-state index in [4.69, 9.17) is 14.7 Å². The van der Waals surface area contributed by atoms with Crippen molar-refractivity contribution in [1.82, 2.24) is 0 Å². The molecule has 1 unspecified atom stereocenters. The van der Waals surface area contributed by atoms with E-state index in [2.05, 4.69) is 0 Å². The fourth-order valence-corrected chi connectivity index (χ4v) is 1.97. The van der Waals surface area contributed by atoms with Crippen LogP contribution in [0.2, 0.25) is 0 Å². The maximum absolute atomic E-state index is 11.8. The van der Waals surface area contributed by atoms with Crippen molar-refractivity contribution in [1.29, 1.82) is 5.26 Å². The van der Waals surface area contributed by atoms with Crippen LogP contribution < -0.4 is 0 Å². The second-order valence-electron chi connectivity index (χ2n) is 4.67. The molecule has 1 fully saturated rings. The second kappa shape index (κ2) is 5.19. The summed E-state index contributed by atoms with van der Waals surface area (Å²) in [6.07, 6.45) is 1.90. The van der Waals surface area contributed by atoms with Crippen LogP contribution in [0, 0.1) is 11.3 Å². The zero-order valence-electron chi connectivity index (χ0n) is 10.3. The monoisotopic (exact) mass is 245 g/mol. The number of nitriles is 1. The van der Waals surface area contributed by atoms with Gasteiger partial charge in [-0.25, -0.2) is 4.79 Å². The molecule has 0 N–H and O–H groups in total. The number of esters is 1. The highest BCUT2D eigenvalue weighted by molar-refractivity contribution is 5.89. The van der Waals surface area contributed by atoms with Crippen LogP contribution in [0.25, 0.3) is 0 Å². The third-order valence-electron chi connectivity index (χ3n) is 3.04. The van der Waals surface area contributed by atoms with Gasteiger partial charge >= 0.3 is 5.97 Å². The smallest absolute Gasteiger partial charge is 0.338 e. The van der Waals surface area contributed by atoms with Crippen LogP contribution in [-0.2, 0) is 9.47 Å². The Morgan fingerprint density at radius 3 is 3.11 bits per heavy atom. The minimum absolute atomic E-state index is 0.253. The van der Waals surface area contributed by atoms with Gasteiger partial charge in [-0.15, -0.1) is 0 Å². The largest absolute Gasteiger partial charge is 0.459 e. The summed E-state index contributed by atoms with van der Waals surface area (Å²) in [6, 6.07) is 8.48. The summed E-state index contributed by atoms with van der Waals surface area (Å²) in [5.41, 5.74) is 0.492. The van der Waals surface area contributed by atoms with E-state index in [9.17, 15) is 4.79 Å². The van der Waals surface area contributed by atoms with E-state index in [0.29, 0.717) is 11.1 Å². The van der Waals surface area contributed by atoms with E-state index in [1.54, 1.807) is 18.2 Å². The lowest BCUT2D eigenvalue weighted by molar-refractivity contribution is -0.0378. The molecule has 18 heavy (non-hydrogen) atoms. The Morgan fingerprint density at radius 2 is 2.44 bits per heavy atom. The molecule has 1 aromatic rings. The highest BCUT2D eigenvalue weighted by Gasteiger charge is 2.31. The minimum atomic E-state index is -0.413. The third-order valence-corrected chi connectivity index (χ3v) is 3.04. The number of nitrogens with zero attached hydrogens (tertiary/aromatic N) is 1. The van der Waals surface area contributed by atoms with E-state index in [0.717, 1.165) is 19.4 Å². The predicted molar refractivity (Wildman–Crippen MR) is 65.0 cm³/mol. The first-order valence-corrected chi connectivity index (χ1v) is 5.94. The van der Waals surface area contributed by atoms with Crippen LogP contribution in [-0.4, -0.2) is 24.8 Å². The van der Waals surface area contributed by atoms with Crippen LogP contribution in [0.1, 0.15) is 35.7 Å². The van der Waals surface area contributed by atoms with Gasteiger partial charge in [0.05, 0.1) is 22.8 Å². The van der Waals surface area contributed by atoms with Crippen molar-refractivity contribution in [2.45, 2.75) is 25.4 Å². The van der Waals surface area contributed by atoms with Crippen molar-refractivity contribution < 1.29 is 14.3 Å². The standard InChI is InChI=1S/C14H15NO3/c1-14(6-3-7-18-14)10-17-13(16)12-5-2-4-11(8-12)9-15/h2,4-5,8H,3,6-7,10H2,1H3. The van der Waals surface area contributed by atoms with Gasteiger partial charge in [-0.05, 0) is 38.0 Å². The molecular weight excluding hydrogens is 230 g/mol. The molecule has 4 heteroatoms. The maximum atomic E-state index is 11.8. The number of ether oxygens (including phenoxy) is 2. The first-order valence-electron chi connectivity index (χ1n) is 5.94.